The minimum atomic E-state index is 0.0413. The Bertz CT molecular complexity index is 1440. The summed E-state index contributed by atoms with van der Waals surface area (Å²) in [6, 6.07) is 18.6. The zero-order valence-corrected chi connectivity index (χ0v) is 21.7. The second kappa shape index (κ2) is 10.9. The second-order valence-electron chi connectivity index (χ2n) is 9.71. The van der Waals surface area contributed by atoms with Gasteiger partial charge in [-0.15, -0.1) is 0 Å². The number of halogens is 1. The first kappa shape index (κ1) is 24.5. The van der Waals surface area contributed by atoms with E-state index in [2.05, 4.69) is 50.6 Å². The SMILES string of the molecule is O=C1c2cc(-c3nc(NC4CCOCC4)ncc3Cl)ccc2CN1CCc1ccc(-c2cccnc2)cc1. The van der Waals surface area contributed by atoms with E-state index in [1.54, 1.807) is 12.4 Å². The quantitative estimate of drug-likeness (QED) is 0.336. The Morgan fingerprint density at radius 1 is 1.00 bits per heavy atom. The van der Waals surface area contributed by atoms with Gasteiger partial charge in [0.1, 0.15) is 0 Å². The van der Waals surface area contributed by atoms with Crippen molar-refractivity contribution in [2.75, 3.05) is 25.1 Å². The molecule has 0 unspecified atom stereocenters. The standard InChI is InChI=1S/C30H28ClN5O2/c31-27-18-33-30(34-25-10-14-38-15-11-25)35-28(27)22-7-8-24-19-36(29(37)26(24)16-22)13-9-20-3-5-21(6-4-20)23-2-1-12-32-17-23/h1-8,12,16-18,25H,9-11,13-15,19H2,(H,33,34,35). The molecule has 1 saturated heterocycles. The van der Waals surface area contributed by atoms with Gasteiger partial charge in [0, 0.05) is 55.9 Å². The lowest BCUT2D eigenvalue weighted by Gasteiger charge is -2.23. The van der Waals surface area contributed by atoms with Crippen LogP contribution in [0.3, 0.4) is 0 Å². The predicted molar refractivity (Wildman–Crippen MR) is 148 cm³/mol. The summed E-state index contributed by atoms with van der Waals surface area (Å²) < 4.78 is 5.43. The number of hydrogen-bond acceptors (Lipinski definition) is 6. The zero-order valence-electron chi connectivity index (χ0n) is 20.9. The first-order valence-electron chi connectivity index (χ1n) is 12.9. The molecule has 0 atom stereocenters. The molecule has 7 nitrogen and oxygen atoms in total. The third-order valence-electron chi connectivity index (χ3n) is 7.18. The summed E-state index contributed by atoms with van der Waals surface area (Å²) in [6.45, 7) is 2.73. The van der Waals surface area contributed by atoms with Crippen LogP contribution in [0.15, 0.2) is 73.2 Å². The van der Waals surface area contributed by atoms with Crippen LogP contribution in [0.1, 0.15) is 34.3 Å². The number of carbonyl (C=O) groups is 1. The van der Waals surface area contributed by atoms with Crippen LogP contribution < -0.4 is 5.32 Å². The van der Waals surface area contributed by atoms with Crippen LogP contribution in [0, 0.1) is 0 Å². The lowest BCUT2D eigenvalue weighted by Crippen LogP contribution is -2.28. The van der Waals surface area contributed by atoms with E-state index >= 15 is 0 Å². The smallest absolute Gasteiger partial charge is 0.254 e. The van der Waals surface area contributed by atoms with Gasteiger partial charge in [0.2, 0.25) is 5.95 Å². The first-order chi connectivity index (χ1) is 18.6. The Balaban J connectivity index is 1.13. The predicted octanol–water partition coefficient (Wildman–Crippen LogP) is 5.65. The molecule has 0 radical (unpaired) electrons. The van der Waals surface area contributed by atoms with Crippen LogP contribution in [0.4, 0.5) is 5.95 Å². The number of nitrogens with zero attached hydrogens (tertiary/aromatic N) is 4. The minimum Gasteiger partial charge on any atom is -0.381 e. The molecule has 8 heteroatoms. The van der Waals surface area contributed by atoms with Gasteiger partial charge in [-0.1, -0.05) is 54.1 Å². The van der Waals surface area contributed by atoms with Crippen molar-refractivity contribution in [1.29, 1.82) is 0 Å². The normalized spacial score (nSPS) is 15.5. The summed E-state index contributed by atoms with van der Waals surface area (Å²) in [5.74, 6) is 0.582. The molecule has 2 aliphatic rings. The highest BCUT2D eigenvalue weighted by molar-refractivity contribution is 6.33. The summed E-state index contributed by atoms with van der Waals surface area (Å²) in [6.07, 6.45) is 7.88. The Kier molecular flexibility index (Phi) is 7.03. The number of fused-ring (bicyclic) bond motifs is 1. The molecule has 1 N–H and O–H groups in total. The summed E-state index contributed by atoms with van der Waals surface area (Å²) in [4.78, 5) is 28.4. The molecule has 0 spiro atoms. The lowest BCUT2D eigenvalue weighted by atomic mass is 10.0. The molecule has 6 rings (SSSR count). The largest absolute Gasteiger partial charge is 0.381 e. The van der Waals surface area contributed by atoms with Crippen molar-refractivity contribution >= 4 is 23.5 Å². The van der Waals surface area contributed by atoms with Gasteiger partial charge in [-0.2, -0.15) is 0 Å². The molecule has 2 aliphatic heterocycles. The van der Waals surface area contributed by atoms with E-state index in [1.807, 2.05) is 35.4 Å². The number of ether oxygens (including phenoxy) is 1. The molecule has 192 valence electrons. The van der Waals surface area contributed by atoms with E-state index in [0.29, 0.717) is 35.3 Å². The molecule has 4 heterocycles. The van der Waals surface area contributed by atoms with Gasteiger partial charge in [0.15, 0.2) is 0 Å². The van der Waals surface area contributed by atoms with Crippen LogP contribution in [-0.4, -0.2) is 51.6 Å². The first-order valence-corrected chi connectivity index (χ1v) is 13.3. The molecule has 38 heavy (non-hydrogen) atoms. The van der Waals surface area contributed by atoms with Gasteiger partial charge < -0.3 is 15.0 Å². The van der Waals surface area contributed by atoms with Crippen LogP contribution in [0.5, 0.6) is 0 Å². The fourth-order valence-electron chi connectivity index (χ4n) is 5.01. The highest BCUT2D eigenvalue weighted by Gasteiger charge is 2.28. The van der Waals surface area contributed by atoms with E-state index in [0.717, 1.165) is 54.7 Å². The molecule has 1 amide bonds. The summed E-state index contributed by atoms with van der Waals surface area (Å²) in [5.41, 5.74) is 6.59. The average Bonchev–Trinajstić information content (AvgIpc) is 3.29. The number of nitrogens with one attached hydrogen (secondary N) is 1. The Morgan fingerprint density at radius 3 is 2.61 bits per heavy atom. The van der Waals surface area contributed by atoms with Gasteiger partial charge in [-0.25, -0.2) is 9.97 Å². The summed E-state index contributed by atoms with van der Waals surface area (Å²) in [5, 5.41) is 3.85. The molecule has 0 saturated carbocycles. The maximum Gasteiger partial charge on any atom is 0.254 e. The van der Waals surface area contributed by atoms with Crippen molar-refractivity contribution in [3.05, 3.63) is 94.9 Å². The topological polar surface area (TPSA) is 80.2 Å². The molecule has 0 bridgehead atoms. The van der Waals surface area contributed by atoms with Crippen molar-refractivity contribution in [2.45, 2.75) is 31.8 Å². The molecule has 2 aromatic heterocycles. The number of carbonyl (C=O) groups excluding carboxylic acids is 1. The van der Waals surface area contributed by atoms with E-state index < -0.39 is 0 Å². The van der Waals surface area contributed by atoms with Crippen molar-refractivity contribution in [3.63, 3.8) is 0 Å². The number of rotatable bonds is 7. The summed E-state index contributed by atoms with van der Waals surface area (Å²) >= 11 is 6.49. The maximum absolute atomic E-state index is 13.3. The third-order valence-corrected chi connectivity index (χ3v) is 7.46. The van der Waals surface area contributed by atoms with Gasteiger partial charge in [-0.3, -0.25) is 9.78 Å². The highest BCUT2D eigenvalue weighted by atomic mass is 35.5. The molecular formula is C30H28ClN5O2. The number of anilines is 1. The van der Waals surface area contributed by atoms with Gasteiger partial charge in [0.05, 0.1) is 16.9 Å². The fourth-order valence-corrected chi connectivity index (χ4v) is 5.21. The van der Waals surface area contributed by atoms with Crippen LogP contribution in [0.2, 0.25) is 5.02 Å². The molecule has 4 aromatic rings. The summed E-state index contributed by atoms with van der Waals surface area (Å²) in [7, 11) is 0. The monoisotopic (exact) mass is 525 g/mol. The van der Waals surface area contributed by atoms with Crippen molar-refractivity contribution in [1.82, 2.24) is 19.9 Å². The molecule has 0 aliphatic carbocycles. The van der Waals surface area contributed by atoms with E-state index in [1.165, 1.54) is 5.56 Å². The van der Waals surface area contributed by atoms with E-state index in [4.69, 9.17) is 16.3 Å². The zero-order chi connectivity index (χ0) is 25.9. The number of benzene rings is 2. The lowest BCUT2D eigenvalue weighted by molar-refractivity contribution is 0.0780. The van der Waals surface area contributed by atoms with Gasteiger partial charge >= 0.3 is 0 Å². The Morgan fingerprint density at radius 2 is 1.82 bits per heavy atom. The van der Waals surface area contributed by atoms with Gasteiger partial charge in [-0.05, 0) is 53.6 Å². The Hall–Kier alpha value is -3.81. The van der Waals surface area contributed by atoms with E-state index in [-0.39, 0.29) is 11.9 Å². The van der Waals surface area contributed by atoms with Crippen LogP contribution in [0.25, 0.3) is 22.4 Å². The number of pyridine rings is 1. The number of amides is 1. The average molecular weight is 526 g/mol. The third kappa shape index (κ3) is 5.26. The minimum absolute atomic E-state index is 0.0413. The highest BCUT2D eigenvalue weighted by Crippen LogP contribution is 2.32. The Labute approximate surface area is 226 Å². The van der Waals surface area contributed by atoms with Crippen molar-refractivity contribution in [2.24, 2.45) is 0 Å². The number of hydrogen-bond donors (Lipinski definition) is 1. The molecule has 2 aromatic carbocycles. The van der Waals surface area contributed by atoms with Crippen LogP contribution in [-0.2, 0) is 17.7 Å². The van der Waals surface area contributed by atoms with Crippen molar-refractivity contribution in [3.8, 4) is 22.4 Å². The van der Waals surface area contributed by atoms with E-state index in [9.17, 15) is 4.79 Å². The number of aromatic nitrogens is 3. The maximum atomic E-state index is 13.3. The molecule has 1 fully saturated rings. The fraction of sp³-hybridized carbons (Fsp3) is 0.267. The van der Waals surface area contributed by atoms with Crippen LogP contribution >= 0.6 is 11.6 Å². The second-order valence-corrected chi connectivity index (χ2v) is 10.1. The van der Waals surface area contributed by atoms with Crippen molar-refractivity contribution < 1.29 is 9.53 Å². The molecular weight excluding hydrogens is 498 g/mol. The van der Waals surface area contributed by atoms with Gasteiger partial charge in [0.25, 0.3) is 5.91 Å².